The Morgan fingerprint density at radius 1 is 1.30 bits per heavy atom. The first-order chi connectivity index (χ1) is 10.8. The highest BCUT2D eigenvalue weighted by atomic mass is 16.1. The van der Waals surface area contributed by atoms with Crippen molar-refractivity contribution in [2.75, 3.05) is 0 Å². The number of carbonyl (C=O) groups is 1. The molecule has 6 heteroatoms. The second-order valence-corrected chi connectivity index (χ2v) is 6.59. The van der Waals surface area contributed by atoms with Crippen LogP contribution in [0.25, 0.3) is 0 Å². The highest BCUT2D eigenvalue weighted by molar-refractivity contribution is 5.77. The summed E-state index contributed by atoms with van der Waals surface area (Å²) in [6.07, 6.45) is 4.26. The van der Waals surface area contributed by atoms with Crippen LogP contribution < -0.4 is 5.32 Å². The first-order valence-electron chi connectivity index (χ1n) is 8.14. The number of aromatic amines is 1. The fourth-order valence-corrected chi connectivity index (χ4v) is 2.91. The lowest BCUT2D eigenvalue weighted by molar-refractivity contribution is -0.122. The molecule has 2 aromatic heterocycles. The summed E-state index contributed by atoms with van der Waals surface area (Å²) >= 11 is 0. The molecule has 6 nitrogen and oxygen atoms in total. The van der Waals surface area contributed by atoms with E-state index in [2.05, 4.69) is 41.4 Å². The van der Waals surface area contributed by atoms with Gasteiger partial charge >= 0.3 is 0 Å². The van der Waals surface area contributed by atoms with Gasteiger partial charge in [0, 0.05) is 29.9 Å². The predicted molar refractivity (Wildman–Crippen MR) is 90.3 cm³/mol. The van der Waals surface area contributed by atoms with Crippen LogP contribution in [-0.2, 0) is 4.79 Å². The van der Waals surface area contributed by atoms with Crippen LogP contribution in [0.4, 0.5) is 0 Å². The van der Waals surface area contributed by atoms with Crippen molar-refractivity contribution in [3.8, 4) is 0 Å². The van der Waals surface area contributed by atoms with Crippen molar-refractivity contribution in [3.63, 3.8) is 0 Å². The van der Waals surface area contributed by atoms with E-state index >= 15 is 0 Å². The number of amides is 1. The molecule has 0 saturated heterocycles. The Hall–Kier alpha value is -2.11. The van der Waals surface area contributed by atoms with Gasteiger partial charge < -0.3 is 5.32 Å². The van der Waals surface area contributed by atoms with Crippen LogP contribution in [0.5, 0.6) is 0 Å². The molecule has 0 aliphatic rings. The maximum atomic E-state index is 12.3. The quantitative estimate of drug-likeness (QED) is 0.859. The number of hydrogen-bond donors (Lipinski definition) is 2. The average molecular weight is 317 g/mol. The van der Waals surface area contributed by atoms with Crippen LogP contribution in [-0.4, -0.2) is 25.9 Å². The third-order valence-corrected chi connectivity index (χ3v) is 4.20. The molecule has 126 valence electrons. The van der Waals surface area contributed by atoms with Crippen LogP contribution in [0.3, 0.4) is 0 Å². The molecular weight excluding hydrogens is 290 g/mol. The molecule has 2 heterocycles. The lowest BCUT2D eigenvalue weighted by Crippen LogP contribution is -2.27. The highest BCUT2D eigenvalue weighted by Gasteiger charge is 2.19. The van der Waals surface area contributed by atoms with Crippen molar-refractivity contribution in [3.05, 3.63) is 34.9 Å². The van der Waals surface area contributed by atoms with Gasteiger partial charge in [0.15, 0.2) is 0 Å². The van der Waals surface area contributed by atoms with E-state index in [1.807, 2.05) is 37.8 Å². The van der Waals surface area contributed by atoms with E-state index in [4.69, 9.17) is 0 Å². The van der Waals surface area contributed by atoms with Crippen LogP contribution in [0.2, 0.25) is 0 Å². The van der Waals surface area contributed by atoms with Crippen LogP contribution in [0.1, 0.15) is 74.6 Å². The molecule has 2 aromatic rings. The number of rotatable bonds is 6. The molecule has 2 atom stereocenters. The Morgan fingerprint density at radius 3 is 2.52 bits per heavy atom. The summed E-state index contributed by atoms with van der Waals surface area (Å²) in [6, 6.07) is 0.271. The number of aryl methyl sites for hydroxylation is 2. The van der Waals surface area contributed by atoms with E-state index in [0.29, 0.717) is 12.5 Å². The molecule has 0 aliphatic carbocycles. The summed E-state index contributed by atoms with van der Waals surface area (Å²) in [6.45, 7) is 12.2. The minimum atomic E-state index is -0.0475. The van der Waals surface area contributed by atoms with Gasteiger partial charge in [-0.25, -0.2) is 0 Å². The Morgan fingerprint density at radius 2 is 2.00 bits per heavy atom. The van der Waals surface area contributed by atoms with Gasteiger partial charge in [0.2, 0.25) is 5.91 Å². The Kier molecular flexibility index (Phi) is 5.23. The maximum Gasteiger partial charge on any atom is 0.221 e. The number of aromatic nitrogens is 4. The average Bonchev–Trinajstić information content (AvgIpc) is 3.06. The molecule has 0 radical (unpaired) electrons. The third-order valence-electron chi connectivity index (χ3n) is 4.20. The van der Waals surface area contributed by atoms with E-state index in [-0.39, 0.29) is 17.9 Å². The minimum Gasteiger partial charge on any atom is -0.349 e. The van der Waals surface area contributed by atoms with Gasteiger partial charge in [0.25, 0.3) is 0 Å². The van der Waals surface area contributed by atoms with Gasteiger partial charge in [-0.15, -0.1) is 0 Å². The Balaban J connectivity index is 1.96. The monoisotopic (exact) mass is 317 g/mol. The van der Waals surface area contributed by atoms with Gasteiger partial charge in [-0.2, -0.15) is 10.2 Å². The SMILES string of the molecule is Cc1n[nH]c(C)c1[C@@H](C)CC(=O)N[C@H](C)c1cnn(C(C)C)c1. The topological polar surface area (TPSA) is 75.6 Å². The molecule has 0 saturated carbocycles. The molecule has 0 bridgehead atoms. The summed E-state index contributed by atoms with van der Waals surface area (Å²) in [4.78, 5) is 12.3. The summed E-state index contributed by atoms with van der Waals surface area (Å²) in [5, 5.41) is 14.6. The number of H-pyrrole nitrogens is 1. The molecule has 0 spiro atoms. The summed E-state index contributed by atoms with van der Waals surface area (Å²) in [7, 11) is 0. The van der Waals surface area contributed by atoms with Crippen molar-refractivity contribution >= 4 is 5.91 Å². The van der Waals surface area contributed by atoms with Gasteiger partial charge in [0.05, 0.1) is 17.9 Å². The molecule has 1 amide bonds. The molecule has 0 aromatic carbocycles. The van der Waals surface area contributed by atoms with E-state index < -0.39 is 0 Å². The van der Waals surface area contributed by atoms with Crippen LogP contribution in [0.15, 0.2) is 12.4 Å². The van der Waals surface area contributed by atoms with Crippen molar-refractivity contribution in [2.45, 2.75) is 66.0 Å². The lowest BCUT2D eigenvalue weighted by atomic mass is 9.95. The number of carbonyl (C=O) groups excluding carboxylic acids is 1. The normalized spacial score (nSPS) is 14.0. The lowest BCUT2D eigenvalue weighted by Gasteiger charge is -2.16. The van der Waals surface area contributed by atoms with E-state index in [1.165, 1.54) is 0 Å². The van der Waals surface area contributed by atoms with Gasteiger partial charge in [0.1, 0.15) is 0 Å². The van der Waals surface area contributed by atoms with Gasteiger partial charge in [-0.3, -0.25) is 14.6 Å². The summed E-state index contributed by atoms with van der Waals surface area (Å²) < 4.78 is 1.90. The Bertz CT molecular complexity index is 651. The summed E-state index contributed by atoms with van der Waals surface area (Å²) in [5.41, 5.74) is 4.17. The van der Waals surface area contributed by atoms with E-state index in [9.17, 15) is 4.79 Å². The predicted octanol–water partition coefficient (Wildman–Crippen LogP) is 3.17. The molecule has 23 heavy (non-hydrogen) atoms. The van der Waals surface area contributed by atoms with Gasteiger partial charge in [-0.05, 0) is 46.1 Å². The molecule has 2 rings (SSSR count). The third kappa shape index (κ3) is 4.00. The van der Waals surface area contributed by atoms with Crippen LogP contribution in [0, 0.1) is 13.8 Å². The second kappa shape index (κ2) is 6.98. The van der Waals surface area contributed by atoms with Crippen molar-refractivity contribution < 1.29 is 4.79 Å². The zero-order chi connectivity index (χ0) is 17.1. The highest BCUT2D eigenvalue weighted by Crippen LogP contribution is 2.24. The molecule has 0 aliphatic heterocycles. The van der Waals surface area contributed by atoms with Crippen molar-refractivity contribution in [1.29, 1.82) is 0 Å². The van der Waals surface area contributed by atoms with Crippen molar-refractivity contribution in [2.24, 2.45) is 0 Å². The second-order valence-electron chi connectivity index (χ2n) is 6.59. The van der Waals surface area contributed by atoms with Crippen molar-refractivity contribution in [1.82, 2.24) is 25.3 Å². The zero-order valence-electron chi connectivity index (χ0n) is 14.8. The molecule has 2 N–H and O–H groups in total. The fourth-order valence-electron chi connectivity index (χ4n) is 2.91. The molecule has 0 unspecified atom stereocenters. The largest absolute Gasteiger partial charge is 0.349 e. The Labute approximate surface area is 137 Å². The summed E-state index contributed by atoms with van der Waals surface area (Å²) in [5.74, 6) is 0.182. The van der Waals surface area contributed by atoms with E-state index in [1.54, 1.807) is 0 Å². The number of hydrogen-bond acceptors (Lipinski definition) is 3. The van der Waals surface area contributed by atoms with E-state index in [0.717, 1.165) is 22.5 Å². The molecule has 0 fully saturated rings. The zero-order valence-corrected chi connectivity index (χ0v) is 14.8. The first-order valence-corrected chi connectivity index (χ1v) is 8.14. The van der Waals surface area contributed by atoms with Gasteiger partial charge in [-0.1, -0.05) is 6.92 Å². The standard InChI is InChI=1S/C17H27N5O/c1-10(2)22-9-15(8-18-22)12(4)19-16(23)7-11(3)17-13(5)20-21-14(17)6/h8-12H,7H2,1-6H3,(H,19,23)(H,20,21)/t11-,12+/m0/s1. The fraction of sp³-hybridized carbons (Fsp3) is 0.588. The smallest absolute Gasteiger partial charge is 0.221 e. The maximum absolute atomic E-state index is 12.3. The number of nitrogens with zero attached hydrogens (tertiary/aromatic N) is 3. The number of nitrogens with one attached hydrogen (secondary N) is 2. The minimum absolute atomic E-state index is 0.0438. The van der Waals surface area contributed by atoms with Crippen LogP contribution >= 0.6 is 0 Å². The first kappa shape index (κ1) is 17.2. The molecular formula is C17H27N5O.